The molecule has 2 saturated carbocycles. The molecule has 0 spiro atoms. The molecular formula is C23H42O. The van der Waals surface area contributed by atoms with E-state index in [1.165, 1.54) is 83.5 Å². The summed E-state index contributed by atoms with van der Waals surface area (Å²) in [5, 5.41) is 0. The van der Waals surface area contributed by atoms with Gasteiger partial charge in [-0.1, -0.05) is 64.7 Å². The Kier molecular flexibility index (Phi) is 9.43. The van der Waals surface area contributed by atoms with Crippen molar-refractivity contribution in [3.63, 3.8) is 0 Å². The van der Waals surface area contributed by atoms with Gasteiger partial charge in [-0.2, -0.15) is 0 Å². The molecule has 1 heteroatoms. The van der Waals surface area contributed by atoms with E-state index in [0.717, 1.165) is 36.5 Å². The second-order valence-electron chi connectivity index (χ2n) is 8.93. The van der Waals surface area contributed by atoms with Gasteiger partial charge in [0.15, 0.2) is 0 Å². The Morgan fingerprint density at radius 3 is 1.71 bits per heavy atom. The van der Waals surface area contributed by atoms with E-state index >= 15 is 0 Å². The lowest BCUT2D eigenvalue weighted by atomic mass is 9.61. The molecule has 0 aromatic rings. The summed E-state index contributed by atoms with van der Waals surface area (Å²) in [6, 6.07) is 0. The number of unbranched alkanes of at least 4 members (excludes halogenated alkanes) is 6. The molecule has 0 aliphatic heterocycles. The Hall–Kier alpha value is -0.330. The van der Waals surface area contributed by atoms with E-state index in [2.05, 4.69) is 6.92 Å². The van der Waals surface area contributed by atoms with E-state index in [9.17, 15) is 4.79 Å². The van der Waals surface area contributed by atoms with Crippen molar-refractivity contribution >= 4 is 5.78 Å². The molecule has 24 heavy (non-hydrogen) atoms. The van der Waals surface area contributed by atoms with Gasteiger partial charge in [-0.15, -0.1) is 0 Å². The summed E-state index contributed by atoms with van der Waals surface area (Å²) >= 11 is 0. The van der Waals surface area contributed by atoms with Crippen LogP contribution in [0.25, 0.3) is 0 Å². The first-order valence-corrected chi connectivity index (χ1v) is 11.2. The maximum absolute atomic E-state index is 10.9. The number of Topliss-reactive ketones (excluding diaryl/α,β-unsaturated/α-hetero) is 1. The normalized spacial score (nSPS) is 29.1. The zero-order valence-corrected chi connectivity index (χ0v) is 16.5. The van der Waals surface area contributed by atoms with Crippen molar-refractivity contribution in [1.29, 1.82) is 0 Å². The van der Waals surface area contributed by atoms with Crippen molar-refractivity contribution in [2.45, 2.75) is 117 Å². The van der Waals surface area contributed by atoms with Gasteiger partial charge in [0.05, 0.1) is 0 Å². The molecule has 0 aromatic heterocycles. The SMILES string of the molecule is CCCCCC1CC[C@@H]1CC1CC[C@H]1CCCCCCCC(C)=O. The van der Waals surface area contributed by atoms with Crippen LogP contribution < -0.4 is 0 Å². The summed E-state index contributed by atoms with van der Waals surface area (Å²) in [6.45, 7) is 4.04. The predicted octanol–water partition coefficient (Wildman–Crippen LogP) is 7.33. The fourth-order valence-electron chi connectivity index (χ4n) is 5.01. The predicted molar refractivity (Wildman–Crippen MR) is 104 cm³/mol. The largest absolute Gasteiger partial charge is 0.300 e. The summed E-state index contributed by atoms with van der Waals surface area (Å²) in [5.41, 5.74) is 0. The van der Waals surface area contributed by atoms with Crippen LogP contribution in [0.5, 0.6) is 0 Å². The summed E-state index contributed by atoms with van der Waals surface area (Å²) in [5.74, 6) is 4.71. The maximum atomic E-state index is 10.9. The van der Waals surface area contributed by atoms with Crippen LogP contribution in [0.15, 0.2) is 0 Å². The van der Waals surface area contributed by atoms with Crippen molar-refractivity contribution in [2.24, 2.45) is 23.7 Å². The first kappa shape index (κ1) is 20.0. The van der Waals surface area contributed by atoms with Gasteiger partial charge in [0.25, 0.3) is 0 Å². The minimum absolute atomic E-state index is 0.358. The summed E-state index contributed by atoms with van der Waals surface area (Å²) in [7, 11) is 0. The molecule has 2 unspecified atom stereocenters. The van der Waals surface area contributed by atoms with Gasteiger partial charge in [-0.25, -0.2) is 0 Å². The van der Waals surface area contributed by atoms with Crippen LogP contribution in [0, 0.1) is 23.7 Å². The highest BCUT2D eigenvalue weighted by molar-refractivity contribution is 5.75. The molecule has 0 aromatic carbocycles. The molecule has 140 valence electrons. The summed E-state index contributed by atoms with van der Waals surface area (Å²) in [4.78, 5) is 10.9. The monoisotopic (exact) mass is 334 g/mol. The van der Waals surface area contributed by atoms with Gasteiger partial charge in [0.2, 0.25) is 0 Å². The van der Waals surface area contributed by atoms with Crippen molar-refractivity contribution < 1.29 is 4.79 Å². The van der Waals surface area contributed by atoms with Crippen molar-refractivity contribution in [3.8, 4) is 0 Å². The number of rotatable bonds is 14. The molecule has 2 rings (SSSR count). The lowest BCUT2D eigenvalue weighted by Crippen LogP contribution is -2.34. The third kappa shape index (κ3) is 6.89. The average Bonchev–Trinajstić information content (AvgIpc) is 2.51. The van der Waals surface area contributed by atoms with E-state index < -0.39 is 0 Å². The van der Waals surface area contributed by atoms with E-state index in [1.807, 2.05) is 0 Å². The van der Waals surface area contributed by atoms with Crippen molar-refractivity contribution in [2.75, 3.05) is 0 Å². The minimum Gasteiger partial charge on any atom is -0.300 e. The van der Waals surface area contributed by atoms with Crippen LogP contribution in [-0.4, -0.2) is 5.78 Å². The van der Waals surface area contributed by atoms with Gasteiger partial charge < -0.3 is 4.79 Å². The first-order chi connectivity index (χ1) is 11.7. The Morgan fingerprint density at radius 2 is 1.21 bits per heavy atom. The molecule has 0 bridgehead atoms. The van der Waals surface area contributed by atoms with Gasteiger partial charge in [0, 0.05) is 6.42 Å². The Labute approximate surface area is 151 Å². The first-order valence-electron chi connectivity index (χ1n) is 11.2. The van der Waals surface area contributed by atoms with E-state index in [0.29, 0.717) is 5.78 Å². The third-order valence-corrected chi connectivity index (χ3v) is 7.04. The molecule has 0 N–H and O–H groups in total. The number of carbonyl (C=O) groups is 1. The molecule has 0 heterocycles. The molecular weight excluding hydrogens is 292 g/mol. The highest BCUT2D eigenvalue weighted by Crippen LogP contribution is 2.48. The van der Waals surface area contributed by atoms with Gasteiger partial charge >= 0.3 is 0 Å². The molecule has 0 saturated heterocycles. The van der Waals surface area contributed by atoms with Crippen LogP contribution in [0.3, 0.4) is 0 Å². The zero-order chi connectivity index (χ0) is 17.2. The van der Waals surface area contributed by atoms with E-state index in [-0.39, 0.29) is 0 Å². The van der Waals surface area contributed by atoms with E-state index in [4.69, 9.17) is 0 Å². The maximum Gasteiger partial charge on any atom is 0.129 e. The van der Waals surface area contributed by atoms with Crippen LogP contribution in [0.4, 0.5) is 0 Å². The highest BCUT2D eigenvalue weighted by atomic mass is 16.1. The van der Waals surface area contributed by atoms with Crippen molar-refractivity contribution in [3.05, 3.63) is 0 Å². The highest BCUT2D eigenvalue weighted by Gasteiger charge is 2.37. The summed E-state index contributed by atoms with van der Waals surface area (Å²) < 4.78 is 0. The quantitative estimate of drug-likeness (QED) is 0.304. The molecule has 0 amide bonds. The Balaban J connectivity index is 1.48. The fraction of sp³-hybridized carbons (Fsp3) is 0.957. The Bertz CT molecular complexity index is 348. The number of ketones is 1. The topological polar surface area (TPSA) is 17.1 Å². The molecule has 2 fully saturated rings. The molecule has 0 radical (unpaired) electrons. The van der Waals surface area contributed by atoms with Gasteiger partial charge in [-0.05, 0) is 69.1 Å². The van der Waals surface area contributed by atoms with Gasteiger partial charge in [-0.3, -0.25) is 0 Å². The molecule has 4 atom stereocenters. The lowest BCUT2D eigenvalue weighted by Gasteiger charge is -2.45. The van der Waals surface area contributed by atoms with Crippen LogP contribution >= 0.6 is 0 Å². The molecule has 2 aliphatic rings. The van der Waals surface area contributed by atoms with Crippen LogP contribution in [-0.2, 0) is 4.79 Å². The lowest BCUT2D eigenvalue weighted by molar-refractivity contribution is -0.117. The van der Waals surface area contributed by atoms with Crippen molar-refractivity contribution in [1.82, 2.24) is 0 Å². The van der Waals surface area contributed by atoms with E-state index in [1.54, 1.807) is 13.3 Å². The Morgan fingerprint density at radius 1 is 0.708 bits per heavy atom. The number of hydrogen-bond donors (Lipinski definition) is 0. The fourth-order valence-corrected chi connectivity index (χ4v) is 5.01. The molecule has 1 nitrogen and oxygen atoms in total. The van der Waals surface area contributed by atoms with Gasteiger partial charge in [0.1, 0.15) is 5.78 Å². The molecule has 2 aliphatic carbocycles. The average molecular weight is 335 g/mol. The second kappa shape index (κ2) is 11.3. The van der Waals surface area contributed by atoms with Crippen LogP contribution in [0.2, 0.25) is 0 Å². The smallest absolute Gasteiger partial charge is 0.129 e. The number of carbonyl (C=O) groups excluding carboxylic acids is 1. The number of hydrogen-bond acceptors (Lipinski definition) is 1. The zero-order valence-electron chi connectivity index (χ0n) is 16.5. The standard InChI is InChI=1S/C23H42O/c1-3-4-8-12-20-14-16-22(20)18-23-17-15-21(23)13-10-7-5-6-9-11-19(2)24/h20-23H,3-18H2,1-2H3/t20?,21-,22-,23?/m1/s1. The second-order valence-corrected chi connectivity index (χ2v) is 8.93. The minimum atomic E-state index is 0.358. The third-order valence-electron chi connectivity index (χ3n) is 7.04. The van der Waals surface area contributed by atoms with Crippen LogP contribution in [0.1, 0.15) is 117 Å². The summed E-state index contributed by atoms with van der Waals surface area (Å²) in [6.07, 6.45) is 22.3.